The molecule has 2 amide bonds. The van der Waals surface area contributed by atoms with E-state index in [4.69, 9.17) is 23.2 Å². The van der Waals surface area contributed by atoms with E-state index in [9.17, 15) is 9.59 Å². The molecule has 0 atom stereocenters. The van der Waals surface area contributed by atoms with Gasteiger partial charge < -0.3 is 15.5 Å². The van der Waals surface area contributed by atoms with Crippen molar-refractivity contribution in [3.8, 4) is 0 Å². The van der Waals surface area contributed by atoms with Crippen LogP contribution in [0.4, 0.5) is 5.69 Å². The van der Waals surface area contributed by atoms with E-state index >= 15 is 0 Å². The molecule has 0 aliphatic heterocycles. The number of nitrogens with one attached hydrogen (secondary N) is 2. The number of carbonyl (C=O) groups is 2. The number of hydrogen-bond donors (Lipinski definition) is 2. The minimum atomic E-state index is -0.453. The summed E-state index contributed by atoms with van der Waals surface area (Å²) in [5, 5.41) is 6.27. The molecule has 0 bridgehead atoms. The van der Waals surface area contributed by atoms with Crippen molar-refractivity contribution in [1.29, 1.82) is 0 Å². The van der Waals surface area contributed by atoms with Crippen LogP contribution < -0.4 is 10.6 Å². The van der Waals surface area contributed by atoms with Crippen LogP contribution in [0.3, 0.4) is 0 Å². The molecule has 2 N–H and O–H groups in total. The average Bonchev–Trinajstić information content (AvgIpc) is 2.57. The Hall–Kier alpha value is -2.15. The van der Waals surface area contributed by atoms with Crippen LogP contribution in [0.1, 0.15) is 27.4 Å². The van der Waals surface area contributed by atoms with Gasteiger partial charge in [-0.15, -0.1) is 0 Å². The molecule has 1 heterocycles. The van der Waals surface area contributed by atoms with Crippen LogP contribution >= 0.6 is 23.2 Å². The van der Waals surface area contributed by atoms with Crippen molar-refractivity contribution >= 4 is 40.7 Å². The topological polar surface area (TPSA) is 74.3 Å². The highest BCUT2D eigenvalue weighted by molar-refractivity contribution is 6.35. The molecule has 0 unspecified atom stereocenters. The van der Waals surface area contributed by atoms with Gasteiger partial charge in [0.2, 0.25) is 0 Å². The quantitative estimate of drug-likeness (QED) is 0.706. The van der Waals surface area contributed by atoms with Crippen molar-refractivity contribution in [3.63, 3.8) is 0 Å². The Kier molecular flexibility index (Phi) is 7.38. The van der Waals surface area contributed by atoms with Gasteiger partial charge in [-0.3, -0.25) is 9.59 Å². The number of nitrogens with zero attached hydrogens (tertiary/aromatic N) is 2. The second-order valence-corrected chi connectivity index (χ2v) is 6.81. The van der Waals surface area contributed by atoms with Crippen molar-refractivity contribution in [2.45, 2.75) is 6.42 Å². The smallest absolute Gasteiger partial charge is 0.274 e. The van der Waals surface area contributed by atoms with Gasteiger partial charge in [0.15, 0.2) is 0 Å². The van der Waals surface area contributed by atoms with Gasteiger partial charge in [-0.05, 0) is 57.4 Å². The maximum absolute atomic E-state index is 12.3. The lowest BCUT2D eigenvalue weighted by atomic mass is 10.2. The molecule has 26 heavy (non-hydrogen) atoms. The lowest BCUT2D eigenvalue weighted by Crippen LogP contribution is -2.28. The Morgan fingerprint density at radius 2 is 1.65 bits per heavy atom. The number of rotatable bonds is 7. The Morgan fingerprint density at radius 1 is 1.04 bits per heavy atom. The third-order valence-electron chi connectivity index (χ3n) is 3.40. The van der Waals surface area contributed by atoms with Crippen molar-refractivity contribution in [1.82, 2.24) is 15.2 Å². The van der Waals surface area contributed by atoms with Gasteiger partial charge in [0.1, 0.15) is 11.4 Å². The summed E-state index contributed by atoms with van der Waals surface area (Å²) in [6.45, 7) is 1.41. The number of pyridine rings is 1. The second-order valence-electron chi connectivity index (χ2n) is 5.93. The molecule has 0 fully saturated rings. The van der Waals surface area contributed by atoms with Gasteiger partial charge in [0.05, 0.1) is 0 Å². The van der Waals surface area contributed by atoms with E-state index in [1.807, 2.05) is 19.0 Å². The summed E-state index contributed by atoms with van der Waals surface area (Å²) in [5.74, 6) is -0.769. The maximum atomic E-state index is 12.3. The van der Waals surface area contributed by atoms with E-state index in [0.29, 0.717) is 22.3 Å². The first-order chi connectivity index (χ1) is 12.3. The fourth-order valence-corrected chi connectivity index (χ4v) is 2.72. The molecule has 1 aromatic carbocycles. The number of benzene rings is 1. The SMILES string of the molecule is CN(C)CCCNC(=O)c1cccc(C(=O)Nc2cc(Cl)cc(Cl)c2)n1. The molecule has 138 valence electrons. The molecule has 0 saturated carbocycles. The van der Waals surface area contributed by atoms with Crippen LogP contribution in [-0.4, -0.2) is 48.9 Å². The molecule has 6 nitrogen and oxygen atoms in total. The van der Waals surface area contributed by atoms with Crippen LogP contribution in [0.25, 0.3) is 0 Å². The lowest BCUT2D eigenvalue weighted by molar-refractivity contribution is 0.0947. The third kappa shape index (κ3) is 6.29. The van der Waals surface area contributed by atoms with E-state index in [1.165, 1.54) is 6.07 Å². The summed E-state index contributed by atoms with van der Waals surface area (Å²) >= 11 is 11.8. The predicted octanol–water partition coefficient (Wildman–Crippen LogP) is 3.32. The number of anilines is 1. The fourth-order valence-electron chi connectivity index (χ4n) is 2.20. The van der Waals surface area contributed by atoms with Crippen LogP contribution in [0.2, 0.25) is 10.0 Å². The standard InChI is InChI=1S/C18H20Cl2N4O2/c1-24(2)8-4-7-21-17(25)15-5-3-6-16(23-15)18(26)22-14-10-12(19)9-13(20)11-14/h3,5-6,9-11H,4,7-8H2,1-2H3,(H,21,25)(H,22,26). The van der Waals surface area contributed by atoms with Crippen LogP contribution in [-0.2, 0) is 0 Å². The molecular weight excluding hydrogens is 375 g/mol. The highest BCUT2D eigenvalue weighted by atomic mass is 35.5. The van der Waals surface area contributed by atoms with E-state index in [-0.39, 0.29) is 17.3 Å². The summed E-state index contributed by atoms with van der Waals surface area (Å²) in [6.07, 6.45) is 0.828. The Bertz CT molecular complexity index is 776. The molecule has 0 aliphatic rings. The van der Waals surface area contributed by atoms with Crippen molar-refractivity contribution in [3.05, 3.63) is 57.8 Å². The molecule has 8 heteroatoms. The summed E-state index contributed by atoms with van der Waals surface area (Å²) in [4.78, 5) is 30.7. The van der Waals surface area contributed by atoms with Crippen LogP contribution in [0.15, 0.2) is 36.4 Å². The summed E-state index contributed by atoms with van der Waals surface area (Å²) in [5.41, 5.74) is 0.765. The Balaban J connectivity index is 2.01. The first-order valence-electron chi connectivity index (χ1n) is 8.02. The zero-order valence-corrected chi connectivity index (χ0v) is 16.1. The number of aromatic nitrogens is 1. The molecule has 0 spiro atoms. The van der Waals surface area contributed by atoms with Gasteiger partial charge in [-0.25, -0.2) is 4.98 Å². The molecule has 2 aromatic rings. The molecule has 0 aliphatic carbocycles. The number of amides is 2. The molecular formula is C18H20Cl2N4O2. The van der Waals surface area contributed by atoms with E-state index in [0.717, 1.165) is 13.0 Å². The summed E-state index contributed by atoms with van der Waals surface area (Å²) in [6, 6.07) is 9.43. The van der Waals surface area contributed by atoms with Crippen molar-refractivity contribution < 1.29 is 9.59 Å². The number of hydrogen-bond acceptors (Lipinski definition) is 4. The fraction of sp³-hybridized carbons (Fsp3) is 0.278. The zero-order chi connectivity index (χ0) is 19.1. The number of halogens is 2. The molecule has 1 aromatic heterocycles. The Labute approximate surface area is 162 Å². The van der Waals surface area contributed by atoms with E-state index in [1.54, 1.807) is 30.3 Å². The molecule has 2 rings (SSSR count). The van der Waals surface area contributed by atoms with Gasteiger partial charge in [-0.2, -0.15) is 0 Å². The molecule has 0 saturated heterocycles. The highest BCUT2D eigenvalue weighted by Gasteiger charge is 2.13. The second kappa shape index (κ2) is 9.52. The van der Waals surface area contributed by atoms with Gasteiger partial charge >= 0.3 is 0 Å². The maximum Gasteiger partial charge on any atom is 0.274 e. The number of carbonyl (C=O) groups excluding carboxylic acids is 2. The summed E-state index contributed by atoms with van der Waals surface area (Å²) in [7, 11) is 3.94. The third-order valence-corrected chi connectivity index (χ3v) is 3.84. The summed E-state index contributed by atoms with van der Waals surface area (Å²) < 4.78 is 0. The van der Waals surface area contributed by atoms with E-state index < -0.39 is 5.91 Å². The van der Waals surface area contributed by atoms with Crippen molar-refractivity contribution in [2.24, 2.45) is 0 Å². The van der Waals surface area contributed by atoms with Gasteiger partial charge in [0.25, 0.3) is 11.8 Å². The highest BCUT2D eigenvalue weighted by Crippen LogP contribution is 2.22. The molecule has 0 radical (unpaired) electrons. The van der Waals surface area contributed by atoms with Crippen LogP contribution in [0.5, 0.6) is 0 Å². The van der Waals surface area contributed by atoms with Crippen LogP contribution in [0, 0.1) is 0 Å². The van der Waals surface area contributed by atoms with Crippen molar-refractivity contribution in [2.75, 3.05) is 32.5 Å². The minimum absolute atomic E-state index is 0.127. The normalized spacial score (nSPS) is 10.7. The Morgan fingerprint density at radius 3 is 2.27 bits per heavy atom. The average molecular weight is 395 g/mol. The lowest BCUT2D eigenvalue weighted by Gasteiger charge is -2.10. The zero-order valence-electron chi connectivity index (χ0n) is 14.6. The van der Waals surface area contributed by atoms with Gasteiger partial charge in [-0.1, -0.05) is 29.3 Å². The first kappa shape index (κ1) is 20.2. The predicted molar refractivity (Wildman–Crippen MR) is 104 cm³/mol. The van der Waals surface area contributed by atoms with E-state index in [2.05, 4.69) is 15.6 Å². The van der Waals surface area contributed by atoms with Gasteiger partial charge in [0, 0.05) is 22.3 Å². The monoisotopic (exact) mass is 394 g/mol. The largest absolute Gasteiger partial charge is 0.351 e. The first-order valence-corrected chi connectivity index (χ1v) is 8.78. The minimum Gasteiger partial charge on any atom is -0.351 e.